The number of carbonyl (C=O) groups excluding carboxylic acids is 1. The molecular weight excluding hydrogens is 212 g/mol. The van der Waals surface area contributed by atoms with Crippen molar-refractivity contribution in [2.75, 3.05) is 12.3 Å². The molecule has 0 bridgehead atoms. The zero-order valence-electron chi connectivity index (χ0n) is 9.93. The van der Waals surface area contributed by atoms with Crippen molar-refractivity contribution in [3.05, 3.63) is 42.5 Å². The number of benzene rings is 1. The second kappa shape index (κ2) is 5.04. The minimum absolute atomic E-state index is 0.144. The molecule has 90 valence electrons. The zero-order chi connectivity index (χ0) is 12.3. The summed E-state index contributed by atoms with van der Waals surface area (Å²) in [6.07, 6.45) is 4.40. The van der Waals surface area contributed by atoms with Gasteiger partial charge in [-0.1, -0.05) is 24.3 Å². The van der Waals surface area contributed by atoms with E-state index in [0.717, 1.165) is 18.4 Å². The maximum atomic E-state index is 12.2. The van der Waals surface area contributed by atoms with Gasteiger partial charge in [-0.3, -0.25) is 4.79 Å². The molecule has 0 spiro atoms. The maximum absolute atomic E-state index is 12.2. The lowest BCUT2D eigenvalue weighted by atomic mass is 10.1. The first-order valence-electron chi connectivity index (χ1n) is 5.96. The Hall–Kier alpha value is -1.77. The normalized spacial score (nSPS) is 14.4. The molecule has 3 heteroatoms. The summed E-state index contributed by atoms with van der Waals surface area (Å²) in [6, 6.07) is 7.95. The third-order valence-corrected chi connectivity index (χ3v) is 3.03. The van der Waals surface area contributed by atoms with E-state index in [4.69, 9.17) is 5.73 Å². The van der Waals surface area contributed by atoms with E-state index < -0.39 is 0 Å². The van der Waals surface area contributed by atoms with E-state index in [0.29, 0.717) is 24.7 Å². The fraction of sp³-hybridized carbons (Fsp3) is 0.357. The summed E-state index contributed by atoms with van der Waals surface area (Å²) in [5, 5.41) is 0. The van der Waals surface area contributed by atoms with Gasteiger partial charge in [0, 0.05) is 18.3 Å². The fourth-order valence-electron chi connectivity index (χ4n) is 1.94. The Morgan fingerprint density at radius 2 is 2.18 bits per heavy atom. The molecule has 1 aliphatic rings. The molecule has 0 saturated heterocycles. The summed E-state index contributed by atoms with van der Waals surface area (Å²) in [5.41, 5.74) is 7.44. The second-order valence-corrected chi connectivity index (χ2v) is 4.44. The molecule has 17 heavy (non-hydrogen) atoms. The van der Waals surface area contributed by atoms with Gasteiger partial charge in [0.2, 0.25) is 5.91 Å². The van der Waals surface area contributed by atoms with Gasteiger partial charge < -0.3 is 10.6 Å². The lowest BCUT2D eigenvalue weighted by molar-refractivity contribution is -0.130. The van der Waals surface area contributed by atoms with E-state index in [-0.39, 0.29) is 5.91 Å². The minimum Gasteiger partial charge on any atom is -0.398 e. The molecule has 0 heterocycles. The van der Waals surface area contributed by atoms with Gasteiger partial charge in [0.05, 0.1) is 6.42 Å². The van der Waals surface area contributed by atoms with Crippen LogP contribution in [0.25, 0.3) is 0 Å². The van der Waals surface area contributed by atoms with Crippen LogP contribution in [0.4, 0.5) is 5.69 Å². The number of hydrogen-bond donors (Lipinski definition) is 1. The first-order valence-corrected chi connectivity index (χ1v) is 5.96. The van der Waals surface area contributed by atoms with E-state index in [2.05, 4.69) is 6.58 Å². The number of hydrogen-bond acceptors (Lipinski definition) is 2. The molecule has 0 atom stereocenters. The summed E-state index contributed by atoms with van der Waals surface area (Å²) < 4.78 is 0. The number of nitrogens with zero attached hydrogens (tertiary/aromatic N) is 1. The summed E-state index contributed by atoms with van der Waals surface area (Å²) in [6.45, 7) is 4.33. The highest BCUT2D eigenvalue weighted by atomic mass is 16.2. The number of amides is 1. The number of carbonyl (C=O) groups is 1. The summed E-state index contributed by atoms with van der Waals surface area (Å²) in [5.74, 6) is 0.144. The van der Waals surface area contributed by atoms with Crippen molar-refractivity contribution in [2.24, 2.45) is 0 Å². The molecule has 0 unspecified atom stereocenters. The Labute approximate surface area is 102 Å². The lowest BCUT2D eigenvalue weighted by Crippen LogP contribution is -2.34. The molecule has 1 aromatic carbocycles. The number of nitrogen functional groups attached to an aromatic ring is 1. The van der Waals surface area contributed by atoms with Crippen LogP contribution in [0, 0.1) is 0 Å². The molecule has 0 aromatic heterocycles. The van der Waals surface area contributed by atoms with Crippen molar-refractivity contribution in [1.82, 2.24) is 4.90 Å². The van der Waals surface area contributed by atoms with Gasteiger partial charge >= 0.3 is 0 Å². The van der Waals surface area contributed by atoms with Gasteiger partial charge in [0.25, 0.3) is 0 Å². The predicted molar refractivity (Wildman–Crippen MR) is 69.5 cm³/mol. The van der Waals surface area contributed by atoms with Gasteiger partial charge in [0.15, 0.2) is 0 Å². The van der Waals surface area contributed by atoms with Crippen LogP contribution in [0.2, 0.25) is 0 Å². The first kappa shape index (κ1) is 11.7. The molecule has 1 fully saturated rings. The molecule has 0 aliphatic heterocycles. The Balaban J connectivity index is 2.04. The minimum atomic E-state index is 0.144. The topological polar surface area (TPSA) is 46.3 Å². The third-order valence-electron chi connectivity index (χ3n) is 3.03. The van der Waals surface area contributed by atoms with E-state index in [1.165, 1.54) is 0 Å². The Morgan fingerprint density at radius 3 is 2.76 bits per heavy atom. The number of rotatable bonds is 5. The second-order valence-electron chi connectivity index (χ2n) is 4.44. The van der Waals surface area contributed by atoms with Crippen molar-refractivity contribution in [2.45, 2.75) is 25.3 Å². The highest BCUT2D eigenvalue weighted by Crippen LogP contribution is 2.27. The van der Waals surface area contributed by atoms with Crippen LogP contribution < -0.4 is 5.73 Å². The standard InChI is InChI=1S/C14H18N2O/c1-2-9-16(12-7-8-12)14(17)10-11-5-3-4-6-13(11)15/h2-6,12H,1,7-10,15H2. The summed E-state index contributed by atoms with van der Waals surface area (Å²) in [7, 11) is 0. The van der Waals surface area contributed by atoms with Crippen molar-refractivity contribution in [1.29, 1.82) is 0 Å². The van der Waals surface area contributed by atoms with Crippen LogP contribution in [0.3, 0.4) is 0 Å². The van der Waals surface area contributed by atoms with Crippen molar-refractivity contribution < 1.29 is 4.79 Å². The zero-order valence-corrected chi connectivity index (χ0v) is 9.93. The fourth-order valence-corrected chi connectivity index (χ4v) is 1.94. The van der Waals surface area contributed by atoms with Gasteiger partial charge in [-0.15, -0.1) is 6.58 Å². The number of anilines is 1. The van der Waals surface area contributed by atoms with Crippen LogP contribution in [0.1, 0.15) is 18.4 Å². The molecule has 0 radical (unpaired) electrons. The Bertz CT molecular complexity index is 424. The summed E-state index contributed by atoms with van der Waals surface area (Å²) >= 11 is 0. The van der Waals surface area contributed by atoms with Gasteiger partial charge in [0.1, 0.15) is 0 Å². The molecule has 1 aromatic rings. The SMILES string of the molecule is C=CCN(C(=O)Cc1ccccc1N)C1CC1. The molecular formula is C14H18N2O. The smallest absolute Gasteiger partial charge is 0.227 e. The molecule has 3 nitrogen and oxygen atoms in total. The predicted octanol–water partition coefficient (Wildman–Crippen LogP) is 1.99. The van der Waals surface area contributed by atoms with E-state index in [9.17, 15) is 4.79 Å². The summed E-state index contributed by atoms with van der Waals surface area (Å²) in [4.78, 5) is 14.1. The third kappa shape index (κ3) is 2.87. The molecule has 2 N–H and O–H groups in total. The number of nitrogens with two attached hydrogens (primary N) is 1. The molecule has 1 saturated carbocycles. The first-order chi connectivity index (χ1) is 8.22. The molecule has 1 amide bonds. The average Bonchev–Trinajstić information content (AvgIpc) is 3.13. The molecule has 1 aliphatic carbocycles. The molecule has 2 rings (SSSR count). The van der Waals surface area contributed by atoms with Gasteiger partial charge in [-0.25, -0.2) is 0 Å². The van der Waals surface area contributed by atoms with Crippen LogP contribution in [0.15, 0.2) is 36.9 Å². The van der Waals surface area contributed by atoms with E-state index >= 15 is 0 Å². The highest BCUT2D eigenvalue weighted by molar-refractivity contribution is 5.81. The Morgan fingerprint density at radius 1 is 1.47 bits per heavy atom. The van der Waals surface area contributed by atoms with Gasteiger partial charge in [-0.05, 0) is 24.5 Å². The average molecular weight is 230 g/mol. The van der Waals surface area contributed by atoms with Crippen molar-refractivity contribution in [3.8, 4) is 0 Å². The van der Waals surface area contributed by atoms with Crippen LogP contribution in [0.5, 0.6) is 0 Å². The van der Waals surface area contributed by atoms with Crippen LogP contribution >= 0.6 is 0 Å². The lowest BCUT2D eigenvalue weighted by Gasteiger charge is -2.21. The van der Waals surface area contributed by atoms with Crippen molar-refractivity contribution in [3.63, 3.8) is 0 Å². The van der Waals surface area contributed by atoms with E-state index in [1.807, 2.05) is 29.2 Å². The van der Waals surface area contributed by atoms with E-state index in [1.54, 1.807) is 6.08 Å². The monoisotopic (exact) mass is 230 g/mol. The maximum Gasteiger partial charge on any atom is 0.227 e. The Kier molecular flexibility index (Phi) is 3.47. The number of para-hydroxylation sites is 1. The quantitative estimate of drug-likeness (QED) is 0.621. The van der Waals surface area contributed by atoms with Crippen molar-refractivity contribution >= 4 is 11.6 Å². The van der Waals surface area contributed by atoms with Gasteiger partial charge in [-0.2, -0.15) is 0 Å². The highest BCUT2D eigenvalue weighted by Gasteiger charge is 2.31. The van der Waals surface area contributed by atoms with Crippen LogP contribution in [-0.2, 0) is 11.2 Å². The van der Waals surface area contributed by atoms with Crippen LogP contribution in [-0.4, -0.2) is 23.4 Å². The largest absolute Gasteiger partial charge is 0.398 e.